The van der Waals surface area contributed by atoms with Gasteiger partial charge in [-0.3, -0.25) is 8.42 Å². The second kappa shape index (κ2) is 41.9. The molecule has 0 spiro atoms. The van der Waals surface area contributed by atoms with Gasteiger partial charge in [-0.1, -0.05) is 206 Å². The van der Waals surface area contributed by atoms with E-state index >= 15 is 0 Å². The highest BCUT2D eigenvalue weighted by atomic mass is 32.3. The number of rotatable bonds is 38. The van der Waals surface area contributed by atoms with Crippen LogP contribution in [0, 0.1) is 0 Å². The number of nitrogens with zero attached hydrogens (tertiary/aromatic N) is 2. The van der Waals surface area contributed by atoms with E-state index in [1.807, 2.05) is 14.1 Å². The molecule has 0 heterocycles. The molecule has 2 N–H and O–H groups in total. The Morgan fingerprint density at radius 3 is 0.673 bits per heavy atom. The molecule has 0 aromatic rings. The highest BCUT2D eigenvalue weighted by molar-refractivity contribution is 7.79. The molecule has 0 fully saturated rings. The Balaban J connectivity index is -0.000000874. The molecule has 0 bridgehead atoms. The second-order valence-corrected chi connectivity index (χ2v) is 18.2. The van der Waals surface area contributed by atoms with E-state index in [0.29, 0.717) is 12.1 Å². The molecule has 0 aromatic carbocycles. The Bertz CT molecular complexity index is 793. The third-order valence-electron chi connectivity index (χ3n) is 12.1. The van der Waals surface area contributed by atoms with Crippen molar-refractivity contribution in [2.75, 3.05) is 27.2 Å². The highest BCUT2D eigenvalue weighted by Crippen LogP contribution is 2.18. The molecule has 0 aromatic heterocycles. The van der Waals surface area contributed by atoms with Gasteiger partial charge in [0.05, 0.1) is 14.1 Å². The molecule has 0 saturated carbocycles. The number of hydrogen-bond acceptors (Lipinski definition) is 6. The molecule has 4 atom stereocenters. The molecular formula is C46H100N2O6S. The van der Waals surface area contributed by atoms with Crippen molar-refractivity contribution in [1.29, 1.82) is 0 Å². The summed E-state index contributed by atoms with van der Waals surface area (Å²) >= 11 is 0. The van der Waals surface area contributed by atoms with E-state index in [9.17, 15) is 10.4 Å². The molecule has 0 radical (unpaired) electrons. The molecule has 8 nitrogen and oxygen atoms in total. The predicted molar refractivity (Wildman–Crippen MR) is 235 cm³/mol. The molecule has 336 valence electrons. The molecule has 55 heavy (non-hydrogen) atoms. The minimum Gasteiger partial charge on any atom is -0.759 e. The van der Waals surface area contributed by atoms with Crippen molar-refractivity contribution in [2.45, 2.75) is 272 Å². The van der Waals surface area contributed by atoms with Gasteiger partial charge in [0.2, 0.25) is 0 Å². The second-order valence-electron chi connectivity index (χ2n) is 17.4. The van der Waals surface area contributed by atoms with E-state index in [1.165, 1.54) is 205 Å². The van der Waals surface area contributed by atoms with Gasteiger partial charge in [-0.25, -0.2) is 10.4 Å². The number of hydroxylamine groups is 6. The van der Waals surface area contributed by atoms with Gasteiger partial charge in [0.1, 0.15) is 25.2 Å². The van der Waals surface area contributed by atoms with Crippen LogP contribution in [0.4, 0.5) is 0 Å². The predicted octanol–water partition coefficient (Wildman–Crippen LogP) is 14.4. The summed E-state index contributed by atoms with van der Waals surface area (Å²) in [5, 5.41) is 20.3. The van der Waals surface area contributed by atoms with Crippen molar-refractivity contribution in [3.05, 3.63) is 0 Å². The normalized spacial score (nSPS) is 14.9. The lowest BCUT2D eigenvalue weighted by molar-refractivity contribution is -1.10. The minimum absolute atomic E-state index is 0.179. The van der Waals surface area contributed by atoms with Crippen molar-refractivity contribution in [2.24, 2.45) is 0 Å². The molecule has 0 amide bonds. The van der Waals surface area contributed by atoms with Crippen molar-refractivity contribution in [1.82, 2.24) is 0 Å². The van der Waals surface area contributed by atoms with Crippen LogP contribution in [0.15, 0.2) is 0 Å². The van der Waals surface area contributed by atoms with Gasteiger partial charge in [0.15, 0.2) is 0 Å². The zero-order valence-electron chi connectivity index (χ0n) is 38.4. The number of hydrogen-bond donors (Lipinski definition) is 2. The first-order valence-corrected chi connectivity index (χ1v) is 25.2. The number of unbranched alkanes of at least 4 members (excludes halogenated alkanes) is 30. The van der Waals surface area contributed by atoms with Gasteiger partial charge in [-0.05, 0) is 40.5 Å². The Labute approximate surface area is 345 Å². The molecule has 0 aliphatic heterocycles. The van der Waals surface area contributed by atoms with Gasteiger partial charge in [-0.15, -0.1) is 0 Å². The van der Waals surface area contributed by atoms with Gasteiger partial charge < -0.3 is 9.11 Å². The highest BCUT2D eigenvalue weighted by Gasteiger charge is 2.25. The first kappa shape index (κ1) is 59.0. The van der Waals surface area contributed by atoms with Crippen molar-refractivity contribution < 1.29 is 37.2 Å². The third kappa shape index (κ3) is 49.8. The van der Waals surface area contributed by atoms with Crippen LogP contribution in [0.1, 0.15) is 260 Å². The Morgan fingerprint density at radius 2 is 0.527 bits per heavy atom. The average Bonchev–Trinajstić information content (AvgIpc) is 3.13. The molecule has 4 unspecified atom stereocenters. The van der Waals surface area contributed by atoms with Crippen LogP contribution in [0.25, 0.3) is 0 Å². The monoisotopic (exact) mass is 809 g/mol. The Morgan fingerprint density at radius 1 is 0.382 bits per heavy atom. The first-order valence-electron chi connectivity index (χ1n) is 23.9. The maximum absolute atomic E-state index is 10.2. The third-order valence-corrected chi connectivity index (χ3v) is 12.1. The maximum atomic E-state index is 10.2. The largest absolute Gasteiger partial charge is 0.759 e. The lowest BCUT2D eigenvalue weighted by Crippen LogP contribution is -2.47. The Kier molecular flexibility index (Phi) is 44.9. The Hall–Kier alpha value is -0.290. The van der Waals surface area contributed by atoms with E-state index in [2.05, 4.69) is 41.5 Å². The topological polar surface area (TPSA) is 121 Å². The van der Waals surface area contributed by atoms with E-state index in [0.717, 1.165) is 25.9 Å². The van der Waals surface area contributed by atoms with E-state index in [-0.39, 0.29) is 9.29 Å². The van der Waals surface area contributed by atoms with E-state index in [4.69, 9.17) is 17.5 Å². The lowest BCUT2D eigenvalue weighted by Gasteiger charge is -2.30. The molecule has 0 rings (SSSR count). The fraction of sp³-hybridized carbons (Fsp3) is 1.00. The quantitative estimate of drug-likeness (QED) is 0.0211. The SMILES string of the molecule is CCCCCCCCCCCCCCCCCCC(C)[N+](C)(O)CC.CCCCCCCCCCCCCCCCCCC(C)[N+](C)(O)CC.O=S(=O)([O-])[O-]. The fourth-order valence-corrected chi connectivity index (χ4v) is 7.16. The summed E-state index contributed by atoms with van der Waals surface area (Å²) in [6, 6.07) is 0.744. The summed E-state index contributed by atoms with van der Waals surface area (Å²) in [6.07, 6.45) is 47.7. The average molecular weight is 809 g/mol. The van der Waals surface area contributed by atoms with Gasteiger partial charge in [-0.2, -0.15) is 9.29 Å². The summed E-state index contributed by atoms with van der Waals surface area (Å²) in [5.74, 6) is 0. The first-order chi connectivity index (χ1) is 26.1. The van der Waals surface area contributed by atoms with Crippen LogP contribution >= 0.6 is 0 Å². The molecule has 0 aliphatic carbocycles. The van der Waals surface area contributed by atoms with Crippen LogP contribution in [0.2, 0.25) is 0 Å². The van der Waals surface area contributed by atoms with Crippen molar-refractivity contribution >= 4 is 10.4 Å². The fourth-order valence-electron chi connectivity index (χ4n) is 7.16. The summed E-state index contributed by atoms with van der Waals surface area (Å²) in [7, 11) is -1.31. The number of quaternary nitrogens is 2. The van der Waals surface area contributed by atoms with Crippen molar-refractivity contribution in [3.8, 4) is 0 Å². The van der Waals surface area contributed by atoms with Crippen LogP contribution in [0.3, 0.4) is 0 Å². The summed E-state index contributed by atoms with van der Waals surface area (Å²) in [6.45, 7) is 14.7. The molecule has 0 saturated heterocycles. The summed E-state index contributed by atoms with van der Waals surface area (Å²) < 4.78 is 34.4. The molecular weight excluding hydrogens is 709 g/mol. The zero-order chi connectivity index (χ0) is 42.1. The molecule has 0 aliphatic rings. The van der Waals surface area contributed by atoms with Gasteiger partial charge in [0.25, 0.3) is 0 Å². The van der Waals surface area contributed by atoms with Crippen LogP contribution < -0.4 is 0 Å². The van der Waals surface area contributed by atoms with Gasteiger partial charge in [0, 0.05) is 23.2 Å². The summed E-state index contributed by atoms with van der Waals surface area (Å²) in [4.78, 5) is 0. The maximum Gasteiger partial charge on any atom is 0.116 e. The molecule has 9 heteroatoms. The summed E-state index contributed by atoms with van der Waals surface area (Å²) in [5.41, 5.74) is 0. The minimum atomic E-state index is -5.17. The standard InChI is InChI=1S/2C23H50NO.H2O4S/c2*1-5-7-8-9-10-11-12-13-14-15-16-17-18-19-20-21-22-23(3)24(4,25)6-2;1-5(2,3)4/h2*23,25H,5-22H2,1-4H3;(H2,1,2,3,4)/q2*+1;/p-2. The zero-order valence-corrected chi connectivity index (χ0v) is 39.3. The van der Waals surface area contributed by atoms with Crippen LogP contribution in [0.5, 0.6) is 0 Å². The van der Waals surface area contributed by atoms with Crippen LogP contribution in [-0.4, -0.2) is 76.5 Å². The smallest absolute Gasteiger partial charge is 0.116 e. The van der Waals surface area contributed by atoms with E-state index < -0.39 is 10.4 Å². The van der Waals surface area contributed by atoms with Crippen molar-refractivity contribution in [3.63, 3.8) is 0 Å². The van der Waals surface area contributed by atoms with Crippen LogP contribution in [-0.2, 0) is 10.4 Å². The lowest BCUT2D eigenvalue weighted by atomic mass is 10.0. The van der Waals surface area contributed by atoms with E-state index in [1.54, 1.807) is 0 Å². The van der Waals surface area contributed by atoms with Gasteiger partial charge >= 0.3 is 0 Å².